The number of amides is 1. The van der Waals surface area contributed by atoms with Gasteiger partial charge in [-0.2, -0.15) is 0 Å². The average molecular weight is 333 g/mol. The first-order valence-electron chi connectivity index (χ1n) is 7.94. The molecule has 0 saturated heterocycles. The molecule has 24 heavy (non-hydrogen) atoms. The summed E-state index contributed by atoms with van der Waals surface area (Å²) in [6, 6.07) is 6.15. The van der Waals surface area contributed by atoms with Crippen molar-refractivity contribution >= 4 is 17.7 Å². The largest absolute Gasteiger partial charge is 0.479 e. The normalized spacial score (nSPS) is 24.8. The first-order valence-corrected chi connectivity index (χ1v) is 7.94. The molecule has 1 amide bonds. The molecule has 1 aliphatic rings. The Kier molecular flexibility index (Phi) is 4.80. The van der Waals surface area contributed by atoms with Gasteiger partial charge in [0, 0.05) is 29.6 Å². The summed E-state index contributed by atoms with van der Waals surface area (Å²) in [5, 5.41) is 12.4. The second-order valence-electron chi connectivity index (χ2n) is 6.67. The van der Waals surface area contributed by atoms with Crippen LogP contribution in [0.4, 0.5) is 0 Å². The van der Waals surface area contributed by atoms with Crippen LogP contribution in [0.25, 0.3) is 0 Å². The monoisotopic (exact) mass is 333 g/mol. The van der Waals surface area contributed by atoms with Gasteiger partial charge < -0.3 is 15.2 Å². The van der Waals surface area contributed by atoms with Gasteiger partial charge in [-0.1, -0.05) is 26.0 Å². The van der Waals surface area contributed by atoms with Gasteiger partial charge in [-0.3, -0.25) is 9.59 Å². The summed E-state index contributed by atoms with van der Waals surface area (Å²) < 4.78 is 5.58. The van der Waals surface area contributed by atoms with E-state index in [0.717, 1.165) is 0 Å². The SMILES string of the molecule is CCOC1CC(NC(=O)c2ccc(C(C)=O)cc2)(C(=O)O)C1(C)C. The summed E-state index contributed by atoms with van der Waals surface area (Å²) >= 11 is 0. The van der Waals surface area contributed by atoms with Gasteiger partial charge in [-0.25, -0.2) is 4.79 Å². The van der Waals surface area contributed by atoms with Gasteiger partial charge in [-0.15, -0.1) is 0 Å². The minimum atomic E-state index is -1.37. The smallest absolute Gasteiger partial charge is 0.330 e. The molecule has 0 heterocycles. The molecule has 0 radical (unpaired) electrons. The van der Waals surface area contributed by atoms with Crippen molar-refractivity contribution in [2.75, 3.05) is 6.61 Å². The number of rotatable bonds is 6. The van der Waals surface area contributed by atoms with Gasteiger partial charge in [0.25, 0.3) is 5.91 Å². The number of carbonyl (C=O) groups is 3. The van der Waals surface area contributed by atoms with E-state index in [0.29, 0.717) is 17.7 Å². The van der Waals surface area contributed by atoms with E-state index in [-0.39, 0.29) is 18.3 Å². The fraction of sp³-hybridized carbons (Fsp3) is 0.500. The number of ketones is 1. The van der Waals surface area contributed by atoms with Crippen molar-refractivity contribution < 1.29 is 24.2 Å². The molecule has 0 spiro atoms. The van der Waals surface area contributed by atoms with E-state index in [1.807, 2.05) is 6.92 Å². The Morgan fingerprint density at radius 3 is 2.17 bits per heavy atom. The number of hydrogen-bond donors (Lipinski definition) is 2. The van der Waals surface area contributed by atoms with Crippen molar-refractivity contribution in [3.8, 4) is 0 Å². The molecule has 1 aromatic rings. The van der Waals surface area contributed by atoms with Gasteiger partial charge >= 0.3 is 5.97 Å². The van der Waals surface area contributed by atoms with Crippen LogP contribution in [0.5, 0.6) is 0 Å². The predicted molar refractivity (Wildman–Crippen MR) is 88.1 cm³/mol. The van der Waals surface area contributed by atoms with E-state index < -0.39 is 22.8 Å². The van der Waals surface area contributed by atoms with E-state index in [2.05, 4.69) is 5.32 Å². The first-order chi connectivity index (χ1) is 11.2. The summed E-state index contributed by atoms with van der Waals surface area (Å²) in [7, 11) is 0. The molecule has 1 aromatic carbocycles. The Morgan fingerprint density at radius 2 is 1.75 bits per heavy atom. The molecule has 1 aliphatic carbocycles. The second-order valence-corrected chi connectivity index (χ2v) is 6.67. The molecule has 130 valence electrons. The van der Waals surface area contributed by atoms with Crippen molar-refractivity contribution in [3.63, 3.8) is 0 Å². The molecule has 2 N–H and O–H groups in total. The maximum atomic E-state index is 12.5. The Bertz CT molecular complexity index is 664. The highest BCUT2D eigenvalue weighted by molar-refractivity contribution is 6.00. The van der Waals surface area contributed by atoms with Gasteiger partial charge in [0.1, 0.15) is 5.54 Å². The predicted octanol–water partition coefficient (Wildman–Crippen LogP) is 2.28. The van der Waals surface area contributed by atoms with Crippen LogP contribution in [0.3, 0.4) is 0 Å². The molecular formula is C18H23NO5. The van der Waals surface area contributed by atoms with Gasteiger partial charge in [0.05, 0.1) is 6.10 Å². The van der Waals surface area contributed by atoms with Crippen molar-refractivity contribution in [2.24, 2.45) is 5.41 Å². The number of carbonyl (C=O) groups excluding carboxylic acids is 2. The zero-order valence-electron chi connectivity index (χ0n) is 14.4. The van der Waals surface area contributed by atoms with Crippen LogP contribution < -0.4 is 5.32 Å². The third-order valence-electron chi connectivity index (χ3n) is 5.01. The van der Waals surface area contributed by atoms with Crippen LogP contribution in [0, 0.1) is 5.41 Å². The molecule has 0 aliphatic heterocycles. The number of aliphatic carboxylic acids is 1. The molecular weight excluding hydrogens is 310 g/mol. The van der Waals surface area contributed by atoms with E-state index in [4.69, 9.17) is 4.74 Å². The lowest BCUT2D eigenvalue weighted by Gasteiger charge is -2.58. The van der Waals surface area contributed by atoms with E-state index in [1.165, 1.54) is 19.1 Å². The number of hydrogen-bond acceptors (Lipinski definition) is 4. The van der Waals surface area contributed by atoms with E-state index in [1.54, 1.807) is 26.0 Å². The zero-order chi connectivity index (χ0) is 18.1. The maximum absolute atomic E-state index is 12.5. The number of carboxylic acids is 1. The summed E-state index contributed by atoms with van der Waals surface area (Å²) in [5.74, 6) is -1.64. The summed E-state index contributed by atoms with van der Waals surface area (Å²) in [4.78, 5) is 35.6. The molecule has 1 fully saturated rings. The van der Waals surface area contributed by atoms with Crippen LogP contribution in [-0.2, 0) is 9.53 Å². The Hall–Kier alpha value is -2.21. The van der Waals surface area contributed by atoms with Gasteiger partial charge in [0.2, 0.25) is 0 Å². The summed E-state index contributed by atoms with van der Waals surface area (Å²) in [6.45, 7) is 7.35. The lowest BCUT2D eigenvalue weighted by molar-refractivity contribution is -0.190. The van der Waals surface area contributed by atoms with E-state index in [9.17, 15) is 19.5 Å². The number of benzene rings is 1. The Morgan fingerprint density at radius 1 is 1.21 bits per heavy atom. The molecule has 6 nitrogen and oxygen atoms in total. The average Bonchev–Trinajstić information content (AvgIpc) is 2.53. The number of nitrogens with one attached hydrogen (secondary N) is 1. The molecule has 0 aromatic heterocycles. The zero-order valence-corrected chi connectivity index (χ0v) is 14.4. The topological polar surface area (TPSA) is 92.7 Å². The van der Waals surface area contributed by atoms with Crippen molar-refractivity contribution in [1.29, 1.82) is 0 Å². The summed E-state index contributed by atoms with van der Waals surface area (Å²) in [6.07, 6.45) is -0.000497. The van der Waals surface area contributed by atoms with Crippen molar-refractivity contribution in [1.82, 2.24) is 5.32 Å². The van der Waals surface area contributed by atoms with Crippen LogP contribution in [0.2, 0.25) is 0 Å². The molecule has 2 unspecified atom stereocenters. The van der Waals surface area contributed by atoms with Crippen molar-refractivity contribution in [2.45, 2.75) is 45.8 Å². The van der Waals surface area contributed by atoms with Crippen LogP contribution in [0.15, 0.2) is 24.3 Å². The molecule has 0 bridgehead atoms. The standard InChI is InChI=1S/C18H23NO5/c1-5-24-14-10-18(16(22)23,17(14,3)4)19-15(21)13-8-6-12(7-9-13)11(2)20/h6-9,14H,5,10H2,1-4H3,(H,19,21)(H,22,23). The molecule has 1 saturated carbocycles. The third kappa shape index (κ3) is 2.82. The molecule has 6 heteroatoms. The van der Waals surface area contributed by atoms with Crippen LogP contribution >= 0.6 is 0 Å². The number of Topliss-reactive ketones (excluding diaryl/α,β-unsaturated/α-hetero) is 1. The fourth-order valence-electron chi connectivity index (χ4n) is 3.16. The lowest BCUT2D eigenvalue weighted by atomic mass is 9.54. The molecule has 2 atom stereocenters. The highest BCUT2D eigenvalue weighted by Crippen LogP contribution is 2.51. The molecule has 2 rings (SSSR count). The second kappa shape index (κ2) is 6.36. The number of ether oxygens (including phenoxy) is 1. The summed E-state index contributed by atoms with van der Waals surface area (Å²) in [5.41, 5.74) is -1.29. The van der Waals surface area contributed by atoms with Gasteiger partial charge in [0.15, 0.2) is 5.78 Å². The van der Waals surface area contributed by atoms with E-state index >= 15 is 0 Å². The lowest BCUT2D eigenvalue weighted by Crippen LogP contribution is -2.76. The Balaban J connectivity index is 2.21. The highest BCUT2D eigenvalue weighted by Gasteiger charge is 2.66. The minimum absolute atomic E-state index is 0.0938. The maximum Gasteiger partial charge on any atom is 0.330 e. The minimum Gasteiger partial charge on any atom is -0.479 e. The van der Waals surface area contributed by atoms with Crippen molar-refractivity contribution in [3.05, 3.63) is 35.4 Å². The quantitative estimate of drug-likeness (QED) is 0.779. The Labute approximate surface area is 141 Å². The van der Waals surface area contributed by atoms with Crippen LogP contribution in [-0.4, -0.2) is 41.0 Å². The first kappa shape index (κ1) is 18.1. The van der Waals surface area contributed by atoms with Crippen LogP contribution in [0.1, 0.15) is 54.8 Å². The highest BCUT2D eigenvalue weighted by atomic mass is 16.5. The number of carboxylic acid groups (broad SMARTS) is 1. The third-order valence-corrected chi connectivity index (χ3v) is 5.01. The van der Waals surface area contributed by atoms with Gasteiger partial charge in [-0.05, 0) is 26.0 Å². The fourth-order valence-corrected chi connectivity index (χ4v) is 3.16.